The van der Waals surface area contributed by atoms with Crippen molar-refractivity contribution in [1.82, 2.24) is 10.2 Å². The van der Waals surface area contributed by atoms with E-state index in [0.29, 0.717) is 23.9 Å². The molecule has 3 atom stereocenters. The molecule has 3 heteroatoms. The third-order valence-corrected chi connectivity index (χ3v) is 4.55. The van der Waals surface area contributed by atoms with Gasteiger partial charge < -0.3 is 10.2 Å². The zero-order chi connectivity index (χ0) is 11.1. The van der Waals surface area contributed by atoms with E-state index in [1.54, 1.807) is 0 Å². The molecule has 1 aliphatic carbocycles. The van der Waals surface area contributed by atoms with Crippen molar-refractivity contribution in [2.75, 3.05) is 13.1 Å². The fourth-order valence-corrected chi connectivity index (χ4v) is 3.23. The largest absolute Gasteiger partial charge is 0.341 e. The molecule has 3 rings (SSSR count). The molecule has 2 heterocycles. The highest BCUT2D eigenvalue weighted by molar-refractivity contribution is 5.79. The minimum atomic E-state index is 0.275. The summed E-state index contributed by atoms with van der Waals surface area (Å²) in [7, 11) is 0. The van der Waals surface area contributed by atoms with Crippen LogP contribution in [0.25, 0.3) is 0 Å². The third-order valence-electron chi connectivity index (χ3n) is 4.55. The lowest BCUT2D eigenvalue weighted by atomic mass is 10.0. The lowest BCUT2D eigenvalue weighted by Crippen LogP contribution is -2.41. The van der Waals surface area contributed by atoms with Crippen molar-refractivity contribution >= 4 is 5.91 Å². The summed E-state index contributed by atoms with van der Waals surface area (Å²) in [5.74, 6) is 1.38. The smallest absolute Gasteiger partial charge is 0.225 e. The van der Waals surface area contributed by atoms with E-state index in [1.165, 1.54) is 25.7 Å². The highest BCUT2D eigenvalue weighted by Crippen LogP contribution is 2.37. The molecular formula is C13H22N2O. The second-order valence-corrected chi connectivity index (χ2v) is 5.84. The molecule has 3 aliphatic rings. The van der Waals surface area contributed by atoms with Crippen LogP contribution in [0.5, 0.6) is 0 Å². The van der Waals surface area contributed by atoms with Gasteiger partial charge in [-0.2, -0.15) is 0 Å². The second-order valence-electron chi connectivity index (χ2n) is 5.84. The normalized spacial score (nSPS) is 35.9. The summed E-state index contributed by atoms with van der Waals surface area (Å²) < 4.78 is 0. The van der Waals surface area contributed by atoms with Crippen LogP contribution in [0.15, 0.2) is 0 Å². The number of carbonyl (C=O) groups excluding carboxylic acids is 1. The van der Waals surface area contributed by atoms with Crippen LogP contribution in [-0.4, -0.2) is 36.0 Å². The number of carbonyl (C=O) groups is 1. The Kier molecular flexibility index (Phi) is 2.66. The molecule has 3 unspecified atom stereocenters. The van der Waals surface area contributed by atoms with Gasteiger partial charge in [0.25, 0.3) is 0 Å². The number of nitrogens with zero attached hydrogens (tertiary/aromatic N) is 1. The van der Waals surface area contributed by atoms with Gasteiger partial charge in [0.1, 0.15) is 0 Å². The van der Waals surface area contributed by atoms with Crippen molar-refractivity contribution in [3.63, 3.8) is 0 Å². The Bertz CT molecular complexity index is 288. The fraction of sp³-hybridized carbons (Fsp3) is 0.923. The van der Waals surface area contributed by atoms with Crippen molar-refractivity contribution in [2.45, 2.75) is 51.1 Å². The lowest BCUT2D eigenvalue weighted by molar-refractivity contribution is -0.135. The summed E-state index contributed by atoms with van der Waals surface area (Å²) in [6, 6.07) is 1.25. The van der Waals surface area contributed by atoms with Gasteiger partial charge in [-0.25, -0.2) is 0 Å². The average Bonchev–Trinajstić information content (AvgIpc) is 3.03. The fourth-order valence-electron chi connectivity index (χ4n) is 3.23. The van der Waals surface area contributed by atoms with Crippen LogP contribution in [0.2, 0.25) is 0 Å². The van der Waals surface area contributed by atoms with Gasteiger partial charge in [0.15, 0.2) is 0 Å². The van der Waals surface area contributed by atoms with Gasteiger partial charge in [-0.3, -0.25) is 4.79 Å². The molecule has 3 nitrogen and oxygen atoms in total. The Morgan fingerprint density at radius 2 is 1.94 bits per heavy atom. The third kappa shape index (κ3) is 1.97. The van der Waals surface area contributed by atoms with E-state index in [1.807, 2.05) is 0 Å². The zero-order valence-corrected chi connectivity index (χ0v) is 10.1. The molecule has 2 bridgehead atoms. The van der Waals surface area contributed by atoms with E-state index in [4.69, 9.17) is 0 Å². The maximum Gasteiger partial charge on any atom is 0.225 e. The van der Waals surface area contributed by atoms with Gasteiger partial charge in [0, 0.05) is 31.1 Å². The van der Waals surface area contributed by atoms with Gasteiger partial charge >= 0.3 is 0 Å². The highest BCUT2D eigenvalue weighted by Gasteiger charge is 2.37. The minimum Gasteiger partial charge on any atom is -0.341 e. The van der Waals surface area contributed by atoms with Crippen LogP contribution < -0.4 is 5.32 Å². The summed E-state index contributed by atoms with van der Waals surface area (Å²) in [6.07, 6.45) is 6.26. The number of amides is 1. The highest BCUT2D eigenvalue weighted by atomic mass is 16.2. The number of likely N-dealkylation sites (tertiary alicyclic amines) is 1. The molecule has 0 aromatic rings. The van der Waals surface area contributed by atoms with Crippen LogP contribution >= 0.6 is 0 Å². The van der Waals surface area contributed by atoms with E-state index < -0.39 is 0 Å². The van der Waals surface area contributed by atoms with Crippen molar-refractivity contribution in [3.8, 4) is 0 Å². The van der Waals surface area contributed by atoms with Gasteiger partial charge in [-0.05, 0) is 38.0 Å². The number of hydrogen-bond acceptors (Lipinski definition) is 2. The summed E-state index contributed by atoms with van der Waals surface area (Å²) in [5, 5.41) is 3.63. The van der Waals surface area contributed by atoms with E-state index in [9.17, 15) is 4.79 Å². The molecule has 1 N–H and O–H groups in total. The molecule has 0 aromatic carbocycles. The van der Waals surface area contributed by atoms with Crippen molar-refractivity contribution in [2.24, 2.45) is 11.8 Å². The Morgan fingerprint density at radius 1 is 1.19 bits per heavy atom. The summed E-state index contributed by atoms with van der Waals surface area (Å²) >= 11 is 0. The van der Waals surface area contributed by atoms with Gasteiger partial charge in [0.2, 0.25) is 5.91 Å². The molecule has 90 valence electrons. The van der Waals surface area contributed by atoms with Crippen LogP contribution in [-0.2, 0) is 4.79 Å². The molecular weight excluding hydrogens is 200 g/mol. The van der Waals surface area contributed by atoms with Crippen molar-refractivity contribution in [3.05, 3.63) is 0 Å². The molecule has 0 radical (unpaired) electrons. The van der Waals surface area contributed by atoms with Crippen LogP contribution in [0.4, 0.5) is 0 Å². The molecule has 3 fully saturated rings. The predicted octanol–water partition coefficient (Wildman–Crippen LogP) is 1.39. The van der Waals surface area contributed by atoms with E-state index in [0.717, 1.165) is 19.5 Å². The summed E-state index contributed by atoms with van der Waals surface area (Å²) in [4.78, 5) is 14.4. The van der Waals surface area contributed by atoms with E-state index in [2.05, 4.69) is 17.1 Å². The molecule has 1 saturated carbocycles. The standard InChI is InChI=1S/C13H22N2O/c1-9(10-2-3-10)13(16)15-7-6-11-4-5-12(8-15)14-11/h9-12,14H,2-8H2,1H3. The van der Waals surface area contributed by atoms with Crippen LogP contribution in [0.3, 0.4) is 0 Å². The molecule has 0 spiro atoms. The first-order chi connectivity index (χ1) is 7.74. The lowest BCUT2D eigenvalue weighted by Gasteiger charge is -2.27. The number of hydrogen-bond donors (Lipinski definition) is 1. The monoisotopic (exact) mass is 222 g/mol. The molecule has 0 aromatic heterocycles. The van der Waals surface area contributed by atoms with E-state index >= 15 is 0 Å². The average molecular weight is 222 g/mol. The van der Waals surface area contributed by atoms with Gasteiger partial charge in [-0.1, -0.05) is 6.92 Å². The molecule has 16 heavy (non-hydrogen) atoms. The first kappa shape index (κ1) is 10.6. The van der Waals surface area contributed by atoms with Crippen molar-refractivity contribution in [1.29, 1.82) is 0 Å². The number of rotatable bonds is 2. The minimum absolute atomic E-state index is 0.275. The maximum absolute atomic E-state index is 12.3. The molecule has 2 aliphatic heterocycles. The Hall–Kier alpha value is -0.570. The SMILES string of the molecule is CC(C(=O)N1CCC2CCC(C1)N2)C1CC1. The predicted molar refractivity (Wildman–Crippen MR) is 63.0 cm³/mol. The Balaban J connectivity index is 1.63. The zero-order valence-electron chi connectivity index (χ0n) is 10.1. The van der Waals surface area contributed by atoms with Gasteiger partial charge in [-0.15, -0.1) is 0 Å². The maximum atomic E-state index is 12.3. The number of nitrogens with one attached hydrogen (secondary N) is 1. The first-order valence-corrected chi connectivity index (χ1v) is 6.79. The second kappa shape index (κ2) is 4.02. The van der Waals surface area contributed by atoms with Gasteiger partial charge in [0.05, 0.1) is 0 Å². The summed E-state index contributed by atoms with van der Waals surface area (Å²) in [6.45, 7) is 4.05. The molecule has 2 saturated heterocycles. The topological polar surface area (TPSA) is 32.3 Å². The molecule has 1 amide bonds. The number of fused-ring (bicyclic) bond motifs is 2. The summed E-state index contributed by atoms with van der Waals surface area (Å²) in [5.41, 5.74) is 0. The Labute approximate surface area is 97.6 Å². The first-order valence-electron chi connectivity index (χ1n) is 6.79. The van der Waals surface area contributed by atoms with Crippen molar-refractivity contribution < 1.29 is 4.79 Å². The Morgan fingerprint density at radius 3 is 2.69 bits per heavy atom. The van der Waals surface area contributed by atoms with Crippen LogP contribution in [0, 0.1) is 11.8 Å². The quantitative estimate of drug-likeness (QED) is 0.765. The van der Waals surface area contributed by atoms with Crippen LogP contribution in [0.1, 0.15) is 39.0 Å². The van der Waals surface area contributed by atoms with E-state index in [-0.39, 0.29) is 5.92 Å².